The van der Waals surface area contributed by atoms with Crippen LogP contribution >= 0.6 is 11.8 Å². The fraction of sp³-hybridized carbons (Fsp3) is 0.389. The largest absolute Gasteiger partial charge is 0.481 e. The molecule has 2 rings (SSSR count). The van der Waals surface area contributed by atoms with Crippen molar-refractivity contribution in [2.75, 3.05) is 5.32 Å². The smallest absolute Gasteiger partial charge is 0.307 e. The number of aryl methyl sites for hydroxylation is 2. The lowest BCUT2D eigenvalue weighted by atomic mass is 9.82. The van der Waals surface area contributed by atoms with Crippen molar-refractivity contribution in [2.45, 2.75) is 38.0 Å². The molecule has 0 heterocycles. The van der Waals surface area contributed by atoms with Gasteiger partial charge in [-0.2, -0.15) is 5.26 Å². The van der Waals surface area contributed by atoms with E-state index >= 15 is 0 Å². The predicted octanol–water partition coefficient (Wildman–Crippen LogP) is 3.74. The molecule has 0 bridgehead atoms. The topological polar surface area (TPSA) is 90.2 Å². The Labute approximate surface area is 145 Å². The molecule has 0 unspecified atom stereocenters. The van der Waals surface area contributed by atoms with Gasteiger partial charge in [0.2, 0.25) is 5.91 Å². The number of nitrogens with zero attached hydrogens (tertiary/aromatic N) is 1. The minimum absolute atomic E-state index is 0.259. The van der Waals surface area contributed by atoms with E-state index in [1.54, 1.807) is 0 Å². The molecule has 0 saturated carbocycles. The molecule has 0 saturated heterocycles. The summed E-state index contributed by atoms with van der Waals surface area (Å²) >= 11 is 1.08. The average Bonchev–Trinajstić information content (AvgIpc) is 2.57. The van der Waals surface area contributed by atoms with Gasteiger partial charge in [0.15, 0.2) is 0 Å². The van der Waals surface area contributed by atoms with Gasteiger partial charge in [-0.05, 0) is 61.2 Å². The number of hydrogen-bond acceptors (Lipinski definition) is 4. The van der Waals surface area contributed by atoms with Crippen LogP contribution in [0.1, 0.15) is 30.9 Å². The maximum atomic E-state index is 12.6. The number of thioether (sulfide) groups is 1. The van der Waals surface area contributed by atoms with E-state index < -0.39 is 17.8 Å². The molecule has 1 amide bonds. The second-order valence-corrected chi connectivity index (χ2v) is 6.66. The molecule has 24 heavy (non-hydrogen) atoms. The first-order chi connectivity index (χ1) is 11.5. The number of thiocyanates is 1. The zero-order valence-corrected chi connectivity index (χ0v) is 14.5. The third-order valence-corrected chi connectivity index (χ3v) is 4.83. The monoisotopic (exact) mass is 344 g/mol. The van der Waals surface area contributed by atoms with Crippen LogP contribution in [0.15, 0.2) is 29.2 Å². The van der Waals surface area contributed by atoms with Crippen molar-refractivity contribution in [3.63, 3.8) is 0 Å². The molecule has 0 radical (unpaired) electrons. The van der Waals surface area contributed by atoms with Crippen molar-refractivity contribution in [3.05, 3.63) is 35.4 Å². The maximum absolute atomic E-state index is 12.6. The number of rotatable bonds is 5. The summed E-state index contributed by atoms with van der Waals surface area (Å²) in [5.74, 6) is -2.45. The van der Waals surface area contributed by atoms with Crippen LogP contribution in [0.2, 0.25) is 0 Å². The van der Waals surface area contributed by atoms with Crippen molar-refractivity contribution in [1.82, 2.24) is 0 Å². The van der Waals surface area contributed by atoms with E-state index in [1.165, 1.54) is 0 Å². The molecule has 5 nitrogen and oxygen atoms in total. The van der Waals surface area contributed by atoms with Crippen LogP contribution < -0.4 is 5.32 Å². The molecule has 0 fully saturated rings. The highest BCUT2D eigenvalue weighted by atomic mass is 32.2. The summed E-state index contributed by atoms with van der Waals surface area (Å²) in [7, 11) is 0. The minimum atomic E-state index is -0.937. The van der Waals surface area contributed by atoms with Crippen LogP contribution in [0, 0.1) is 29.4 Å². The number of carboxylic acids is 1. The molecule has 1 aromatic carbocycles. The number of benzene rings is 1. The van der Waals surface area contributed by atoms with Crippen molar-refractivity contribution in [2.24, 2.45) is 11.8 Å². The van der Waals surface area contributed by atoms with Gasteiger partial charge in [-0.25, -0.2) is 0 Å². The summed E-state index contributed by atoms with van der Waals surface area (Å²) in [6.45, 7) is 3.86. The lowest BCUT2D eigenvalue weighted by Crippen LogP contribution is -2.35. The average molecular weight is 344 g/mol. The van der Waals surface area contributed by atoms with Gasteiger partial charge in [-0.1, -0.05) is 19.1 Å². The number of carbonyl (C=O) groups is 2. The van der Waals surface area contributed by atoms with Crippen LogP contribution in [0.25, 0.3) is 0 Å². The molecular formula is C18H20N2O3S. The van der Waals surface area contributed by atoms with Crippen LogP contribution in [0.4, 0.5) is 5.69 Å². The molecule has 0 aromatic heterocycles. The van der Waals surface area contributed by atoms with Crippen molar-refractivity contribution < 1.29 is 14.7 Å². The Hall–Kier alpha value is -2.26. The lowest BCUT2D eigenvalue weighted by Gasteiger charge is -2.25. The zero-order valence-electron chi connectivity index (χ0n) is 13.7. The molecular weight excluding hydrogens is 324 g/mol. The fourth-order valence-corrected chi connectivity index (χ4v) is 3.53. The maximum Gasteiger partial charge on any atom is 0.307 e. The second-order valence-electron chi connectivity index (χ2n) is 5.80. The zero-order chi connectivity index (χ0) is 17.7. The first-order valence-corrected chi connectivity index (χ1v) is 8.67. The van der Waals surface area contributed by atoms with Gasteiger partial charge in [-0.15, -0.1) is 0 Å². The summed E-state index contributed by atoms with van der Waals surface area (Å²) in [5, 5.41) is 23.1. The number of carboxylic acid groups (broad SMARTS) is 1. The van der Waals surface area contributed by atoms with Gasteiger partial charge in [0, 0.05) is 10.6 Å². The highest BCUT2D eigenvalue weighted by Crippen LogP contribution is 2.31. The molecule has 126 valence electrons. The molecule has 2 N–H and O–H groups in total. The second kappa shape index (κ2) is 8.02. The van der Waals surface area contributed by atoms with Gasteiger partial charge in [0.25, 0.3) is 0 Å². The Morgan fingerprint density at radius 1 is 1.33 bits per heavy atom. The van der Waals surface area contributed by atoms with Crippen LogP contribution in [0.3, 0.4) is 0 Å². The summed E-state index contributed by atoms with van der Waals surface area (Å²) in [6.07, 6.45) is 5.21. The Balaban J connectivity index is 2.27. The van der Waals surface area contributed by atoms with E-state index in [2.05, 4.69) is 5.32 Å². The van der Waals surface area contributed by atoms with E-state index in [0.717, 1.165) is 33.5 Å². The van der Waals surface area contributed by atoms with Crippen LogP contribution in [-0.2, 0) is 16.0 Å². The van der Waals surface area contributed by atoms with Crippen molar-refractivity contribution in [1.29, 1.82) is 5.26 Å². The highest BCUT2D eigenvalue weighted by Gasteiger charge is 2.34. The molecule has 1 aliphatic carbocycles. The summed E-state index contributed by atoms with van der Waals surface area (Å²) < 4.78 is 0. The lowest BCUT2D eigenvalue weighted by molar-refractivity contribution is -0.146. The third kappa shape index (κ3) is 3.98. The molecule has 1 aromatic rings. The number of aliphatic carboxylic acids is 1. The van der Waals surface area contributed by atoms with E-state index in [0.29, 0.717) is 19.3 Å². The molecule has 2 atom stereocenters. The number of amides is 1. The van der Waals surface area contributed by atoms with Gasteiger partial charge >= 0.3 is 5.97 Å². The van der Waals surface area contributed by atoms with Gasteiger partial charge in [0.1, 0.15) is 5.40 Å². The first-order valence-electron chi connectivity index (χ1n) is 7.86. The van der Waals surface area contributed by atoms with Gasteiger partial charge in [-0.3, -0.25) is 9.59 Å². The van der Waals surface area contributed by atoms with Gasteiger partial charge < -0.3 is 10.4 Å². The molecule has 0 aliphatic heterocycles. The summed E-state index contributed by atoms with van der Waals surface area (Å²) in [6, 6.07) is 3.75. The quantitative estimate of drug-likeness (QED) is 0.482. The Kier molecular flexibility index (Phi) is 6.04. The van der Waals surface area contributed by atoms with Crippen molar-refractivity contribution >= 4 is 29.3 Å². The first kappa shape index (κ1) is 18.1. The molecule has 6 heteroatoms. The number of anilines is 1. The van der Waals surface area contributed by atoms with E-state index in [9.17, 15) is 14.7 Å². The highest BCUT2D eigenvalue weighted by molar-refractivity contribution is 8.03. The predicted molar refractivity (Wildman–Crippen MR) is 93.6 cm³/mol. The normalized spacial score (nSPS) is 19.5. The number of allylic oxidation sites excluding steroid dienone is 2. The SMILES string of the molecule is CCc1cc(SC#N)cc(C)c1NC(=O)[C@H]1CC=CC[C@@H]1C(=O)O. The third-order valence-electron chi connectivity index (χ3n) is 4.27. The van der Waals surface area contributed by atoms with E-state index in [1.807, 2.05) is 43.5 Å². The molecule has 0 spiro atoms. The Morgan fingerprint density at radius 3 is 2.58 bits per heavy atom. The standard InChI is InChI=1S/C18H20N2O3S/c1-3-12-9-13(24-10-19)8-11(2)16(12)20-17(21)14-6-4-5-7-15(14)18(22)23/h4-5,8-9,14-15H,3,6-7H2,1-2H3,(H,20,21)(H,22,23)/t14-,15-/m0/s1. The van der Waals surface area contributed by atoms with Crippen LogP contribution in [-0.4, -0.2) is 17.0 Å². The summed E-state index contributed by atoms with van der Waals surface area (Å²) in [5.41, 5.74) is 2.54. The number of carbonyl (C=O) groups excluding carboxylic acids is 1. The Morgan fingerprint density at radius 2 is 2.00 bits per heavy atom. The van der Waals surface area contributed by atoms with E-state index in [4.69, 9.17) is 5.26 Å². The summed E-state index contributed by atoms with van der Waals surface area (Å²) in [4.78, 5) is 24.9. The van der Waals surface area contributed by atoms with Gasteiger partial charge in [0.05, 0.1) is 11.8 Å². The van der Waals surface area contributed by atoms with Crippen molar-refractivity contribution in [3.8, 4) is 5.40 Å². The fourth-order valence-electron chi connectivity index (χ4n) is 2.99. The minimum Gasteiger partial charge on any atom is -0.481 e. The number of nitrogens with one attached hydrogen (secondary N) is 1. The molecule has 1 aliphatic rings. The van der Waals surface area contributed by atoms with E-state index in [-0.39, 0.29) is 5.91 Å². The Bertz CT molecular complexity index is 722. The number of hydrogen-bond donors (Lipinski definition) is 2. The van der Waals surface area contributed by atoms with Crippen LogP contribution in [0.5, 0.6) is 0 Å². The number of nitriles is 1.